The highest BCUT2D eigenvalue weighted by molar-refractivity contribution is 7.92. The van der Waals surface area contributed by atoms with Crippen molar-refractivity contribution in [3.63, 3.8) is 0 Å². The Morgan fingerprint density at radius 1 is 1.37 bits per heavy atom. The van der Waals surface area contributed by atoms with Crippen LogP contribution in [0.25, 0.3) is 0 Å². The van der Waals surface area contributed by atoms with Gasteiger partial charge in [-0.3, -0.25) is 8.99 Å². The van der Waals surface area contributed by atoms with Crippen molar-refractivity contribution >= 4 is 15.7 Å². The first-order valence-corrected chi connectivity index (χ1v) is 7.17. The van der Waals surface area contributed by atoms with E-state index in [-0.39, 0.29) is 5.03 Å². The Labute approximate surface area is 112 Å². The quantitative estimate of drug-likeness (QED) is 0.894. The summed E-state index contributed by atoms with van der Waals surface area (Å²) in [5, 5.41) is 4.03. The predicted molar refractivity (Wildman–Crippen MR) is 73.1 cm³/mol. The van der Waals surface area contributed by atoms with Gasteiger partial charge in [0.15, 0.2) is 5.03 Å². The molecule has 2 rings (SSSR count). The zero-order chi connectivity index (χ0) is 14.0. The standard InChI is InChI=1S/C12H16N4O2S/c1-15-12(6-7-14-15)19(17,18)16(2)11-5-3-4-10(8-11)9-13/h3-8H,9,13H2,1-2H3. The Bertz CT molecular complexity index is 679. The fourth-order valence-corrected chi connectivity index (χ4v) is 3.06. The van der Waals surface area contributed by atoms with Crippen molar-refractivity contribution in [2.24, 2.45) is 12.8 Å². The van der Waals surface area contributed by atoms with Gasteiger partial charge in [-0.05, 0) is 23.8 Å². The summed E-state index contributed by atoms with van der Waals surface area (Å²) >= 11 is 0. The molecule has 0 spiro atoms. The summed E-state index contributed by atoms with van der Waals surface area (Å²) < 4.78 is 27.5. The average Bonchev–Trinajstić information content (AvgIpc) is 2.85. The van der Waals surface area contributed by atoms with Crippen LogP contribution in [0.15, 0.2) is 41.6 Å². The van der Waals surface area contributed by atoms with Gasteiger partial charge in [-0.2, -0.15) is 13.5 Å². The van der Waals surface area contributed by atoms with Gasteiger partial charge < -0.3 is 5.73 Å². The minimum Gasteiger partial charge on any atom is -0.326 e. The van der Waals surface area contributed by atoms with Crippen molar-refractivity contribution in [3.05, 3.63) is 42.1 Å². The maximum Gasteiger partial charge on any atom is 0.281 e. The first-order chi connectivity index (χ1) is 8.96. The molecule has 0 saturated heterocycles. The van der Waals surface area contributed by atoms with E-state index in [0.717, 1.165) is 5.56 Å². The third-order valence-corrected chi connectivity index (χ3v) is 4.77. The second-order valence-corrected chi connectivity index (χ2v) is 6.06. The van der Waals surface area contributed by atoms with Crippen molar-refractivity contribution < 1.29 is 8.42 Å². The van der Waals surface area contributed by atoms with Gasteiger partial charge in [0.05, 0.1) is 11.9 Å². The number of hydrogen-bond donors (Lipinski definition) is 1. The smallest absolute Gasteiger partial charge is 0.281 e. The molecule has 0 atom stereocenters. The highest BCUT2D eigenvalue weighted by Gasteiger charge is 2.24. The van der Waals surface area contributed by atoms with E-state index >= 15 is 0 Å². The van der Waals surface area contributed by atoms with Crippen LogP contribution in [0.2, 0.25) is 0 Å². The molecule has 0 aliphatic heterocycles. The van der Waals surface area contributed by atoms with Crippen LogP contribution in [0, 0.1) is 0 Å². The molecule has 0 amide bonds. The second kappa shape index (κ2) is 5.02. The number of anilines is 1. The molecule has 102 valence electrons. The van der Waals surface area contributed by atoms with Crippen LogP contribution < -0.4 is 10.0 Å². The van der Waals surface area contributed by atoms with E-state index in [1.54, 1.807) is 25.2 Å². The van der Waals surface area contributed by atoms with Gasteiger partial charge in [-0.15, -0.1) is 0 Å². The van der Waals surface area contributed by atoms with E-state index < -0.39 is 10.0 Å². The molecule has 7 heteroatoms. The van der Waals surface area contributed by atoms with E-state index in [0.29, 0.717) is 12.2 Å². The summed E-state index contributed by atoms with van der Waals surface area (Å²) in [6.45, 7) is 0.368. The van der Waals surface area contributed by atoms with Gasteiger partial charge >= 0.3 is 0 Å². The van der Waals surface area contributed by atoms with Crippen LogP contribution in [0.3, 0.4) is 0 Å². The highest BCUT2D eigenvalue weighted by atomic mass is 32.2. The molecule has 1 heterocycles. The molecule has 0 saturated carbocycles. The zero-order valence-electron chi connectivity index (χ0n) is 10.8. The monoisotopic (exact) mass is 280 g/mol. The lowest BCUT2D eigenvalue weighted by atomic mass is 10.2. The number of hydrogen-bond acceptors (Lipinski definition) is 4. The van der Waals surface area contributed by atoms with Gasteiger partial charge in [-0.25, -0.2) is 0 Å². The summed E-state index contributed by atoms with van der Waals surface area (Å²) in [7, 11) is -0.505. The second-order valence-electron chi connectivity index (χ2n) is 4.14. The first kappa shape index (κ1) is 13.6. The molecular weight excluding hydrogens is 264 g/mol. The lowest BCUT2D eigenvalue weighted by molar-refractivity contribution is 0.575. The maximum absolute atomic E-state index is 12.4. The van der Waals surface area contributed by atoms with Crippen LogP contribution in [0.5, 0.6) is 0 Å². The first-order valence-electron chi connectivity index (χ1n) is 5.73. The minimum atomic E-state index is -3.61. The fraction of sp³-hybridized carbons (Fsp3) is 0.250. The molecular formula is C12H16N4O2S. The third-order valence-electron chi connectivity index (χ3n) is 2.91. The van der Waals surface area contributed by atoms with Crippen LogP contribution >= 0.6 is 0 Å². The van der Waals surface area contributed by atoms with Gasteiger partial charge in [0.25, 0.3) is 10.0 Å². The van der Waals surface area contributed by atoms with E-state index in [9.17, 15) is 8.42 Å². The highest BCUT2D eigenvalue weighted by Crippen LogP contribution is 2.22. The number of sulfonamides is 1. The lowest BCUT2D eigenvalue weighted by Crippen LogP contribution is -2.28. The minimum absolute atomic E-state index is 0.146. The molecule has 0 fully saturated rings. The van der Waals surface area contributed by atoms with Crippen molar-refractivity contribution in [1.82, 2.24) is 9.78 Å². The summed E-state index contributed by atoms with van der Waals surface area (Å²) in [6.07, 6.45) is 1.46. The van der Waals surface area contributed by atoms with Crippen LogP contribution in [0.1, 0.15) is 5.56 Å². The normalized spacial score (nSPS) is 11.5. The SMILES string of the molecule is CN(c1cccc(CN)c1)S(=O)(=O)c1ccnn1C. The number of nitrogens with zero attached hydrogens (tertiary/aromatic N) is 3. The van der Waals surface area contributed by atoms with Gasteiger partial charge in [-0.1, -0.05) is 12.1 Å². The molecule has 0 aliphatic carbocycles. The van der Waals surface area contributed by atoms with Crippen LogP contribution in [0.4, 0.5) is 5.69 Å². The van der Waals surface area contributed by atoms with Gasteiger partial charge in [0, 0.05) is 20.6 Å². The number of aromatic nitrogens is 2. The summed E-state index contributed by atoms with van der Waals surface area (Å²) in [5.74, 6) is 0. The molecule has 2 N–H and O–H groups in total. The third kappa shape index (κ3) is 2.47. The largest absolute Gasteiger partial charge is 0.326 e. The van der Waals surface area contributed by atoms with E-state index in [2.05, 4.69) is 5.10 Å². The van der Waals surface area contributed by atoms with E-state index in [4.69, 9.17) is 5.73 Å². The lowest BCUT2D eigenvalue weighted by Gasteiger charge is -2.19. The van der Waals surface area contributed by atoms with Crippen molar-refractivity contribution in [3.8, 4) is 0 Å². The average molecular weight is 280 g/mol. The summed E-state index contributed by atoms with van der Waals surface area (Å²) in [6, 6.07) is 8.60. The summed E-state index contributed by atoms with van der Waals surface area (Å²) in [4.78, 5) is 0. The van der Waals surface area contributed by atoms with Gasteiger partial charge in [0.1, 0.15) is 0 Å². The Balaban J connectivity index is 2.43. The van der Waals surface area contributed by atoms with E-state index in [1.807, 2.05) is 6.07 Å². The van der Waals surface area contributed by atoms with E-state index in [1.165, 1.54) is 28.3 Å². The fourth-order valence-electron chi connectivity index (χ4n) is 1.77. The van der Waals surface area contributed by atoms with Crippen molar-refractivity contribution in [1.29, 1.82) is 0 Å². The Hall–Kier alpha value is -1.86. The zero-order valence-corrected chi connectivity index (χ0v) is 11.6. The van der Waals surface area contributed by atoms with Crippen LogP contribution in [-0.4, -0.2) is 25.2 Å². The number of rotatable bonds is 4. The van der Waals surface area contributed by atoms with Gasteiger partial charge in [0.2, 0.25) is 0 Å². The Kier molecular flexibility index (Phi) is 3.59. The number of benzene rings is 1. The predicted octanol–water partition coefficient (Wildman–Crippen LogP) is 0.704. The van der Waals surface area contributed by atoms with Crippen molar-refractivity contribution in [2.75, 3.05) is 11.4 Å². The topological polar surface area (TPSA) is 81.2 Å². The molecule has 19 heavy (non-hydrogen) atoms. The summed E-state index contributed by atoms with van der Waals surface area (Å²) in [5.41, 5.74) is 7.02. The number of nitrogens with two attached hydrogens (primary N) is 1. The molecule has 2 aromatic rings. The Morgan fingerprint density at radius 3 is 2.68 bits per heavy atom. The molecule has 0 unspecified atom stereocenters. The molecule has 0 aliphatic rings. The molecule has 0 radical (unpaired) electrons. The molecule has 6 nitrogen and oxygen atoms in total. The molecule has 1 aromatic heterocycles. The molecule has 1 aromatic carbocycles. The molecule has 0 bridgehead atoms. The Morgan fingerprint density at radius 2 is 2.11 bits per heavy atom. The number of aryl methyl sites for hydroxylation is 1. The van der Waals surface area contributed by atoms with Crippen LogP contribution in [-0.2, 0) is 23.6 Å². The van der Waals surface area contributed by atoms with Crippen molar-refractivity contribution in [2.45, 2.75) is 11.6 Å². The maximum atomic E-state index is 12.4.